The zero-order chi connectivity index (χ0) is 14.1. The van der Waals surface area contributed by atoms with Gasteiger partial charge in [0.05, 0.1) is 13.0 Å². The highest BCUT2D eigenvalue weighted by Gasteiger charge is 2.03. The Morgan fingerprint density at radius 1 is 1.37 bits per heavy atom. The molecule has 0 bridgehead atoms. The van der Waals surface area contributed by atoms with Gasteiger partial charge in [0.25, 0.3) is 0 Å². The van der Waals surface area contributed by atoms with Crippen LogP contribution >= 0.6 is 0 Å². The van der Waals surface area contributed by atoms with E-state index < -0.39 is 0 Å². The average Bonchev–Trinajstić information content (AvgIpc) is 2.34. The van der Waals surface area contributed by atoms with Crippen LogP contribution in [0.1, 0.15) is 31.2 Å². The minimum Gasteiger partial charge on any atom is -0.466 e. The third kappa shape index (κ3) is 7.18. The Kier molecular flexibility index (Phi) is 6.57. The van der Waals surface area contributed by atoms with Crippen LogP contribution < -0.4 is 5.32 Å². The topological polar surface area (TPSA) is 68.3 Å². The van der Waals surface area contributed by atoms with Crippen LogP contribution in [0.4, 0.5) is 0 Å². The summed E-state index contributed by atoms with van der Waals surface area (Å²) in [4.78, 5) is 26.3. The molecule has 0 radical (unpaired) electrons. The number of hydrogen-bond donors (Lipinski definition) is 1. The summed E-state index contributed by atoms with van der Waals surface area (Å²) in [5.41, 5.74) is 2.00. The molecule has 1 heterocycles. The number of carbonyl (C=O) groups is 2. The zero-order valence-corrected chi connectivity index (χ0v) is 11.4. The van der Waals surface area contributed by atoms with E-state index in [0.29, 0.717) is 13.2 Å². The highest BCUT2D eigenvalue weighted by Crippen LogP contribution is 2.02. The predicted molar refractivity (Wildman–Crippen MR) is 71.6 cm³/mol. The molecule has 0 saturated carbocycles. The number of aryl methyl sites for hydroxylation is 2. The van der Waals surface area contributed by atoms with Crippen molar-refractivity contribution in [3.63, 3.8) is 0 Å². The first-order chi connectivity index (χ1) is 9.08. The summed E-state index contributed by atoms with van der Waals surface area (Å²) in [6.07, 6.45) is 1.76. The molecule has 0 fully saturated rings. The third-order valence-corrected chi connectivity index (χ3v) is 2.49. The van der Waals surface area contributed by atoms with Gasteiger partial charge in [0.15, 0.2) is 0 Å². The van der Waals surface area contributed by atoms with Crippen molar-refractivity contribution in [2.75, 3.05) is 13.2 Å². The Labute approximate surface area is 113 Å². The van der Waals surface area contributed by atoms with E-state index in [2.05, 4.69) is 10.3 Å². The van der Waals surface area contributed by atoms with Gasteiger partial charge >= 0.3 is 5.97 Å². The van der Waals surface area contributed by atoms with Crippen molar-refractivity contribution in [3.05, 3.63) is 29.6 Å². The van der Waals surface area contributed by atoms with E-state index in [1.165, 1.54) is 6.92 Å². The minimum absolute atomic E-state index is 0.140. The Morgan fingerprint density at radius 2 is 2.16 bits per heavy atom. The van der Waals surface area contributed by atoms with Crippen LogP contribution in [0, 0.1) is 6.92 Å². The van der Waals surface area contributed by atoms with Crippen molar-refractivity contribution < 1.29 is 14.3 Å². The molecular formula is C14H20N2O3. The number of hydrogen-bond acceptors (Lipinski definition) is 4. The van der Waals surface area contributed by atoms with Gasteiger partial charge in [-0.15, -0.1) is 0 Å². The van der Waals surface area contributed by atoms with E-state index >= 15 is 0 Å². The van der Waals surface area contributed by atoms with Gasteiger partial charge in [-0.25, -0.2) is 0 Å². The van der Waals surface area contributed by atoms with E-state index in [9.17, 15) is 9.59 Å². The lowest BCUT2D eigenvalue weighted by atomic mass is 10.2. The van der Waals surface area contributed by atoms with Crippen LogP contribution in [0.25, 0.3) is 0 Å². The molecule has 0 saturated heterocycles. The molecule has 0 aliphatic heterocycles. The summed E-state index contributed by atoms with van der Waals surface area (Å²) in [7, 11) is 0. The maximum absolute atomic E-state index is 11.3. The lowest BCUT2D eigenvalue weighted by Crippen LogP contribution is -2.23. The second-order valence-corrected chi connectivity index (χ2v) is 4.33. The maximum atomic E-state index is 11.3. The van der Waals surface area contributed by atoms with Crippen LogP contribution in [0.15, 0.2) is 18.2 Å². The summed E-state index contributed by atoms with van der Waals surface area (Å²) in [6, 6.07) is 5.88. The monoisotopic (exact) mass is 264 g/mol. The summed E-state index contributed by atoms with van der Waals surface area (Å²) >= 11 is 0. The first-order valence-electron chi connectivity index (χ1n) is 6.40. The molecule has 1 amide bonds. The van der Waals surface area contributed by atoms with Gasteiger partial charge in [0.2, 0.25) is 5.91 Å². The lowest BCUT2D eigenvalue weighted by molar-refractivity contribution is -0.143. The first kappa shape index (κ1) is 15.1. The Morgan fingerprint density at radius 3 is 2.84 bits per heavy atom. The van der Waals surface area contributed by atoms with Crippen LogP contribution in [-0.2, 0) is 20.7 Å². The third-order valence-electron chi connectivity index (χ3n) is 2.49. The van der Waals surface area contributed by atoms with Crippen molar-refractivity contribution in [3.8, 4) is 0 Å². The molecular weight excluding hydrogens is 244 g/mol. The van der Waals surface area contributed by atoms with Gasteiger partial charge < -0.3 is 10.1 Å². The minimum atomic E-state index is -0.286. The lowest BCUT2D eigenvalue weighted by Gasteiger charge is -2.05. The molecule has 5 nitrogen and oxygen atoms in total. The average molecular weight is 264 g/mol. The molecule has 0 aliphatic carbocycles. The Hall–Kier alpha value is -1.91. The van der Waals surface area contributed by atoms with E-state index in [0.717, 1.165) is 24.2 Å². The predicted octanol–water partition coefficient (Wildman–Crippen LogP) is 1.39. The largest absolute Gasteiger partial charge is 0.466 e. The second-order valence-electron chi connectivity index (χ2n) is 4.33. The fourth-order valence-corrected chi connectivity index (χ4v) is 1.59. The van der Waals surface area contributed by atoms with E-state index in [-0.39, 0.29) is 18.3 Å². The number of pyridine rings is 1. The standard InChI is InChI=1S/C14H20N2O3/c1-11-5-3-6-13(16-11)7-4-10-19-14(18)8-9-15-12(2)17/h3,5-6H,4,7-10H2,1-2H3,(H,15,17). The Balaban J connectivity index is 2.10. The van der Waals surface area contributed by atoms with Gasteiger partial charge in [-0.1, -0.05) is 6.07 Å². The van der Waals surface area contributed by atoms with Crippen molar-refractivity contribution in [1.29, 1.82) is 0 Å². The smallest absolute Gasteiger partial charge is 0.307 e. The molecule has 104 valence electrons. The number of esters is 1. The van der Waals surface area contributed by atoms with Crippen LogP contribution in [0.5, 0.6) is 0 Å². The SMILES string of the molecule is CC(=O)NCCC(=O)OCCCc1cccc(C)n1. The molecule has 1 rings (SSSR count). The second kappa shape index (κ2) is 8.24. The molecule has 1 N–H and O–H groups in total. The highest BCUT2D eigenvalue weighted by atomic mass is 16.5. The van der Waals surface area contributed by atoms with Gasteiger partial charge in [0.1, 0.15) is 0 Å². The number of aromatic nitrogens is 1. The van der Waals surface area contributed by atoms with E-state index in [1.807, 2.05) is 25.1 Å². The molecule has 0 aromatic carbocycles. The van der Waals surface area contributed by atoms with Crippen molar-refractivity contribution in [2.24, 2.45) is 0 Å². The molecule has 1 aromatic heterocycles. The number of ether oxygens (including phenoxy) is 1. The fraction of sp³-hybridized carbons (Fsp3) is 0.500. The van der Waals surface area contributed by atoms with Crippen molar-refractivity contribution in [2.45, 2.75) is 33.1 Å². The molecule has 0 spiro atoms. The summed E-state index contributed by atoms with van der Waals surface area (Å²) in [6.45, 7) is 4.08. The highest BCUT2D eigenvalue weighted by molar-refractivity contribution is 5.74. The number of rotatable bonds is 7. The molecule has 0 aliphatic rings. The normalized spacial score (nSPS) is 10.0. The molecule has 19 heavy (non-hydrogen) atoms. The van der Waals surface area contributed by atoms with Gasteiger partial charge in [-0.2, -0.15) is 0 Å². The maximum Gasteiger partial charge on any atom is 0.307 e. The zero-order valence-electron chi connectivity index (χ0n) is 11.4. The first-order valence-corrected chi connectivity index (χ1v) is 6.40. The molecule has 1 aromatic rings. The van der Waals surface area contributed by atoms with Gasteiger partial charge in [-0.3, -0.25) is 14.6 Å². The summed E-state index contributed by atoms with van der Waals surface area (Å²) in [5, 5.41) is 2.55. The molecule has 5 heteroatoms. The fourth-order valence-electron chi connectivity index (χ4n) is 1.59. The van der Waals surface area contributed by atoms with Gasteiger partial charge in [-0.05, 0) is 31.9 Å². The number of nitrogens with zero attached hydrogens (tertiary/aromatic N) is 1. The quantitative estimate of drug-likeness (QED) is 0.597. The Bertz CT molecular complexity index is 432. The van der Waals surface area contributed by atoms with Crippen LogP contribution in [0.2, 0.25) is 0 Å². The van der Waals surface area contributed by atoms with Crippen LogP contribution in [0.3, 0.4) is 0 Å². The van der Waals surface area contributed by atoms with E-state index in [1.54, 1.807) is 0 Å². The van der Waals surface area contributed by atoms with Crippen LogP contribution in [-0.4, -0.2) is 30.0 Å². The summed E-state index contributed by atoms with van der Waals surface area (Å²) < 4.78 is 5.06. The van der Waals surface area contributed by atoms with E-state index in [4.69, 9.17) is 4.74 Å². The van der Waals surface area contributed by atoms with Gasteiger partial charge in [0, 0.05) is 24.9 Å². The number of nitrogens with one attached hydrogen (secondary N) is 1. The number of carbonyl (C=O) groups excluding carboxylic acids is 2. The molecule has 0 atom stereocenters. The number of amides is 1. The van der Waals surface area contributed by atoms with Crippen molar-refractivity contribution >= 4 is 11.9 Å². The molecule has 0 unspecified atom stereocenters. The summed E-state index contributed by atoms with van der Waals surface area (Å²) in [5.74, 6) is -0.427. The van der Waals surface area contributed by atoms with Crippen molar-refractivity contribution in [1.82, 2.24) is 10.3 Å².